The summed E-state index contributed by atoms with van der Waals surface area (Å²) in [5, 5.41) is 0. The summed E-state index contributed by atoms with van der Waals surface area (Å²) in [6, 6.07) is 0.608. The number of esters is 1. The van der Waals surface area contributed by atoms with Gasteiger partial charge in [0, 0.05) is 32.2 Å². The van der Waals surface area contributed by atoms with E-state index in [0.717, 1.165) is 26.2 Å². The summed E-state index contributed by atoms with van der Waals surface area (Å²) in [7, 11) is 0. The maximum absolute atomic E-state index is 11.9. The maximum Gasteiger partial charge on any atom is 0.409 e. The number of piperidine rings is 3. The second-order valence-electron chi connectivity index (χ2n) is 7.41. The van der Waals surface area contributed by atoms with Crippen LogP contribution in [-0.4, -0.2) is 67.3 Å². The van der Waals surface area contributed by atoms with E-state index >= 15 is 0 Å². The Labute approximate surface area is 137 Å². The summed E-state index contributed by atoms with van der Waals surface area (Å²) in [5.41, 5.74) is 0. The molecule has 5 atom stereocenters. The predicted molar refractivity (Wildman–Crippen MR) is 82.7 cm³/mol. The Morgan fingerprint density at radius 3 is 2.13 bits per heavy atom. The van der Waals surface area contributed by atoms with Crippen molar-refractivity contribution in [2.24, 2.45) is 29.6 Å². The molecule has 2 unspecified atom stereocenters. The van der Waals surface area contributed by atoms with Gasteiger partial charge in [-0.1, -0.05) is 0 Å². The number of likely N-dealkylation sites (tertiary alicyclic amines) is 2. The first-order chi connectivity index (χ1) is 11.1. The van der Waals surface area contributed by atoms with E-state index in [1.807, 2.05) is 18.7 Å². The van der Waals surface area contributed by atoms with Crippen LogP contribution in [0.4, 0.5) is 4.79 Å². The van der Waals surface area contributed by atoms with Gasteiger partial charge in [0.15, 0.2) is 0 Å². The quantitative estimate of drug-likeness (QED) is 0.728. The van der Waals surface area contributed by atoms with E-state index in [0.29, 0.717) is 42.9 Å². The fourth-order valence-corrected chi connectivity index (χ4v) is 5.21. The predicted octanol–water partition coefficient (Wildman–Crippen LogP) is 1.20. The molecule has 23 heavy (non-hydrogen) atoms. The van der Waals surface area contributed by atoms with E-state index in [-0.39, 0.29) is 18.0 Å². The van der Waals surface area contributed by atoms with E-state index in [9.17, 15) is 9.59 Å². The van der Waals surface area contributed by atoms with Crippen LogP contribution in [0.1, 0.15) is 20.3 Å². The highest BCUT2D eigenvalue weighted by atomic mass is 16.6. The van der Waals surface area contributed by atoms with E-state index in [1.165, 1.54) is 6.42 Å². The van der Waals surface area contributed by atoms with Crippen LogP contribution >= 0.6 is 0 Å². The van der Waals surface area contributed by atoms with Crippen molar-refractivity contribution < 1.29 is 19.1 Å². The van der Waals surface area contributed by atoms with Gasteiger partial charge in [-0.25, -0.2) is 4.79 Å². The number of ether oxygens (including phenoxy) is 2. The molecule has 128 valence electrons. The highest BCUT2D eigenvalue weighted by molar-refractivity contribution is 5.77. The van der Waals surface area contributed by atoms with Gasteiger partial charge in [-0.3, -0.25) is 9.69 Å². The molecule has 0 radical (unpaired) electrons. The molecule has 0 aromatic rings. The Balaban J connectivity index is 1.29. The second kappa shape index (κ2) is 5.65. The summed E-state index contributed by atoms with van der Waals surface area (Å²) < 4.78 is 10.3. The molecule has 2 aliphatic heterocycles. The number of rotatable bonds is 4. The van der Waals surface area contributed by atoms with Gasteiger partial charge in [0.1, 0.15) is 0 Å². The zero-order valence-corrected chi connectivity index (χ0v) is 13.9. The Bertz CT molecular complexity index is 487. The molecule has 4 aliphatic rings. The van der Waals surface area contributed by atoms with Gasteiger partial charge in [0.2, 0.25) is 0 Å². The van der Waals surface area contributed by atoms with E-state index in [2.05, 4.69) is 4.90 Å². The molecule has 0 aromatic heterocycles. The van der Waals surface area contributed by atoms with Crippen molar-refractivity contribution in [1.29, 1.82) is 0 Å². The van der Waals surface area contributed by atoms with Crippen LogP contribution in [-0.2, 0) is 14.3 Å². The van der Waals surface area contributed by atoms with Crippen LogP contribution in [0.15, 0.2) is 0 Å². The van der Waals surface area contributed by atoms with Gasteiger partial charge in [-0.2, -0.15) is 0 Å². The standard InChI is InChI=1S/C17H26N2O4/c1-3-22-16(20)14-12-8-18(9-13(12)14)15-10-5-11(15)7-19(6-10)17(21)23-4-2/h10-15H,3-9H2,1-2H3/t10?,11?,12-,13+,14+,15?. The average Bonchev–Trinajstić information content (AvgIpc) is 3.04. The number of nitrogens with zero attached hydrogens (tertiary/aromatic N) is 2. The Kier molecular flexibility index (Phi) is 3.75. The Morgan fingerprint density at radius 2 is 1.57 bits per heavy atom. The first-order valence-corrected chi connectivity index (χ1v) is 8.96. The second-order valence-corrected chi connectivity index (χ2v) is 7.41. The molecule has 2 aliphatic carbocycles. The van der Waals surface area contributed by atoms with Gasteiger partial charge in [0.05, 0.1) is 19.1 Å². The third-order valence-electron chi connectivity index (χ3n) is 6.21. The lowest BCUT2D eigenvalue weighted by Crippen LogP contribution is -2.65. The summed E-state index contributed by atoms with van der Waals surface area (Å²) in [4.78, 5) is 28.2. The van der Waals surface area contributed by atoms with Gasteiger partial charge in [-0.05, 0) is 43.9 Å². The number of carbonyl (C=O) groups is 2. The lowest BCUT2D eigenvalue weighted by Gasteiger charge is -2.56. The molecule has 2 saturated carbocycles. The minimum absolute atomic E-state index is 0.00411. The molecular weight excluding hydrogens is 296 g/mol. The molecule has 2 saturated heterocycles. The monoisotopic (exact) mass is 322 g/mol. The van der Waals surface area contributed by atoms with Crippen LogP contribution < -0.4 is 0 Å². The molecule has 0 spiro atoms. The molecule has 6 nitrogen and oxygen atoms in total. The lowest BCUT2D eigenvalue weighted by molar-refractivity contribution is -0.146. The van der Waals surface area contributed by atoms with Crippen molar-refractivity contribution in [2.75, 3.05) is 39.4 Å². The highest BCUT2D eigenvalue weighted by Crippen LogP contribution is 2.55. The summed E-state index contributed by atoms with van der Waals surface area (Å²) >= 11 is 0. The number of carbonyl (C=O) groups excluding carboxylic acids is 2. The van der Waals surface area contributed by atoms with Gasteiger partial charge in [-0.15, -0.1) is 0 Å². The van der Waals surface area contributed by atoms with Crippen LogP contribution in [0.25, 0.3) is 0 Å². The molecule has 6 heteroatoms. The maximum atomic E-state index is 11.9. The summed E-state index contributed by atoms with van der Waals surface area (Å²) in [5.74, 6) is 2.34. The third-order valence-corrected chi connectivity index (χ3v) is 6.21. The van der Waals surface area contributed by atoms with Crippen molar-refractivity contribution in [3.05, 3.63) is 0 Å². The lowest BCUT2D eigenvalue weighted by atomic mass is 9.65. The zero-order valence-electron chi connectivity index (χ0n) is 13.9. The highest BCUT2D eigenvalue weighted by Gasteiger charge is 2.63. The van der Waals surface area contributed by atoms with Crippen molar-refractivity contribution in [2.45, 2.75) is 26.3 Å². The van der Waals surface area contributed by atoms with Crippen molar-refractivity contribution in [3.63, 3.8) is 0 Å². The molecule has 1 amide bonds. The molecule has 0 N–H and O–H groups in total. The average molecular weight is 322 g/mol. The summed E-state index contributed by atoms with van der Waals surface area (Å²) in [6.07, 6.45) is 1.07. The first-order valence-electron chi connectivity index (χ1n) is 8.96. The molecule has 0 aromatic carbocycles. The van der Waals surface area contributed by atoms with E-state index < -0.39 is 0 Å². The third kappa shape index (κ3) is 2.42. The van der Waals surface area contributed by atoms with Gasteiger partial charge in [0.25, 0.3) is 0 Å². The topological polar surface area (TPSA) is 59.1 Å². The molecule has 2 bridgehead atoms. The Morgan fingerprint density at radius 1 is 0.957 bits per heavy atom. The SMILES string of the molecule is CCOC(=O)[C@H]1[C@@H]2CN(C3C4CC3CN(C(=O)OCC)C4)C[C@@H]21. The van der Waals surface area contributed by atoms with Crippen molar-refractivity contribution >= 4 is 12.1 Å². The smallest absolute Gasteiger partial charge is 0.409 e. The number of amides is 1. The molecule has 4 rings (SSSR count). The molecular formula is C17H26N2O4. The first kappa shape index (κ1) is 15.2. The van der Waals surface area contributed by atoms with E-state index in [4.69, 9.17) is 9.47 Å². The zero-order chi connectivity index (χ0) is 16.1. The van der Waals surface area contributed by atoms with Gasteiger partial charge < -0.3 is 14.4 Å². The number of hydrogen-bond acceptors (Lipinski definition) is 5. The minimum atomic E-state index is -0.160. The molecule has 4 fully saturated rings. The fraction of sp³-hybridized carbons (Fsp3) is 0.882. The number of fused-ring (bicyclic) bond motifs is 3. The van der Waals surface area contributed by atoms with Gasteiger partial charge >= 0.3 is 12.1 Å². The van der Waals surface area contributed by atoms with Crippen molar-refractivity contribution in [1.82, 2.24) is 9.80 Å². The van der Waals surface area contributed by atoms with Crippen LogP contribution in [0.5, 0.6) is 0 Å². The summed E-state index contributed by atoms with van der Waals surface area (Å²) in [6.45, 7) is 8.36. The Hall–Kier alpha value is -1.30. The molecule has 2 heterocycles. The minimum Gasteiger partial charge on any atom is -0.466 e. The van der Waals surface area contributed by atoms with Crippen molar-refractivity contribution in [3.8, 4) is 0 Å². The van der Waals surface area contributed by atoms with Crippen LogP contribution in [0, 0.1) is 29.6 Å². The number of hydrogen-bond donors (Lipinski definition) is 0. The fourth-order valence-electron chi connectivity index (χ4n) is 5.21. The largest absolute Gasteiger partial charge is 0.466 e. The van der Waals surface area contributed by atoms with Crippen LogP contribution in [0.3, 0.4) is 0 Å². The van der Waals surface area contributed by atoms with Crippen LogP contribution in [0.2, 0.25) is 0 Å². The van der Waals surface area contributed by atoms with E-state index in [1.54, 1.807) is 0 Å². The normalized spacial score (nSPS) is 41.0.